The molecule has 1 aromatic rings. The normalized spacial score (nSPS) is 21.8. The molecule has 1 fully saturated rings. The minimum atomic E-state index is -0.201. The van der Waals surface area contributed by atoms with Crippen molar-refractivity contribution < 1.29 is 4.79 Å². The smallest absolute Gasteiger partial charge is 0.291 e. The van der Waals surface area contributed by atoms with Gasteiger partial charge in [-0.3, -0.25) is 9.89 Å². The average molecular weight is 222 g/mol. The molecule has 5 nitrogen and oxygen atoms in total. The second kappa shape index (κ2) is 3.06. The van der Waals surface area contributed by atoms with Crippen LogP contribution in [0.1, 0.15) is 44.1 Å². The molecule has 5 heteroatoms. The van der Waals surface area contributed by atoms with Crippen LogP contribution in [0, 0.1) is 17.8 Å². The summed E-state index contributed by atoms with van der Waals surface area (Å²) >= 11 is 0. The Morgan fingerprint density at radius 3 is 2.25 bits per heavy atom. The predicted molar refractivity (Wildman–Crippen MR) is 59.9 cm³/mol. The van der Waals surface area contributed by atoms with Crippen LogP contribution in [0.2, 0.25) is 0 Å². The predicted octanol–water partition coefficient (Wildman–Crippen LogP) is 1.28. The molecule has 1 saturated carbocycles. The quantitative estimate of drug-likeness (QED) is 0.791. The van der Waals surface area contributed by atoms with Crippen molar-refractivity contribution >= 4 is 5.91 Å². The molecule has 1 heterocycles. The van der Waals surface area contributed by atoms with E-state index in [0.29, 0.717) is 5.82 Å². The van der Waals surface area contributed by atoms with Crippen molar-refractivity contribution in [2.75, 3.05) is 0 Å². The van der Waals surface area contributed by atoms with E-state index in [1.165, 1.54) is 0 Å². The molecule has 0 spiro atoms. The van der Waals surface area contributed by atoms with Crippen molar-refractivity contribution in [2.45, 2.75) is 40.7 Å². The number of amides is 1. The van der Waals surface area contributed by atoms with Crippen LogP contribution in [0.4, 0.5) is 0 Å². The molecule has 0 radical (unpaired) electrons. The lowest BCUT2D eigenvalue weighted by molar-refractivity contribution is 0.0933. The van der Waals surface area contributed by atoms with Gasteiger partial charge in [0.05, 0.1) is 0 Å². The van der Waals surface area contributed by atoms with Gasteiger partial charge >= 0.3 is 0 Å². The molecule has 0 bridgehead atoms. The molecule has 0 unspecified atom stereocenters. The number of aromatic amines is 1. The lowest BCUT2D eigenvalue weighted by atomic mass is 10.0. The minimum Gasteiger partial charge on any atom is -0.345 e. The monoisotopic (exact) mass is 222 g/mol. The third-order valence-electron chi connectivity index (χ3n) is 4.10. The SMILES string of the molecule is Cc1nc(C(=O)NC2C(C)(C)C2(C)C)n[nH]1. The van der Waals surface area contributed by atoms with Crippen LogP contribution in [-0.2, 0) is 0 Å². The second-order valence-corrected chi connectivity index (χ2v) is 5.59. The van der Waals surface area contributed by atoms with Crippen LogP contribution in [0.25, 0.3) is 0 Å². The summed E-state index contributed by atoms with van der Waals surface area (Å²) in [5.41, 5.74) is 0.266. The molecule has 2 rings (SSSR count). The van der Waals surface area contributed by atoms with E-state index >= 15 is 0 Å². The molecule has 1 aromatic heterocycles. The first-order valence-corrected chi connectivity index (χ1v) is 5.46. The topological polar surface area (TPSA) is 70.7 Å². The van der Waals surface area contributed by atoms with Gasteiger partial charge in [0.25, 0.3) is 5.91 Å². The third-order valence-corrected chi connectivity index (χ3v) is 4.10. The fraction of sp³-hybridized carbons (Fsp3) is 0.727. The van der Waals surface area contributed by atoms with Crippen LogP contribution in [0.15, 0.2) is 0 Å². The van der Waals surface area contributed by atoms with Gasteiger partial charge in [-0.2, -0.15) is 0 Å². The molecule has 2 N–H and O–H groups in total. The van der Waals surface area contributed by atoms with Crippen LogP contribution < -0.4 is 5.32 Å². The molecule has 1 aliphatic rings. The zero-order valence-electron chi connectivity index (χ0n) is 10.4. The zero-order chi connectivity index (χ0) is 12.1. The van der Waals surface area contributed by atoms with E-state index in [9.17, 15) is 4.79 Å². The molecular weight excluding hydrogens is 204 g/mol. The summed E-state index contributed by atoms with van der Waals surface area (Å²) in [5.74, 6) is 0.670. The van der Waals surface area contributed by atoms with Crippen LogP contribution in [-0.4, -0.2) is 27.1 Å². The van der Waals surface area contributed by atoms with Crippen molar-refractivity contribution in [3.63, 3.8) is 0 Å². The summed E-state index contributed by atoms with van der Waals surface area (Å²) < 4.78 is 0. The van der Waals surface area contributed by atoms with E-state index in [-0.39, 0.29) is 28.6 Å². The molecule has 0 aliphatic heterocycles. The maximum atomic E-state index is 11.8. The molecule has 0 saturated heterocycles. The first-order chi connectivity index (χ1) is 7.26. The average Bonchev–Trinajstić information content (AvgIpc) is 2.58. The van der Waals surface area contributed by atoms with E-state index in [4.69, 9.17) is 0 Å². The lowest BCUT2D eigenvalue weighted by Gasteiger charge is -2.03. The van der Waals surface area contributed by atoms with Crippen LogP contribution in [0.5, 0.6) is 0 Å². The number of nitrogens with zero attached hydrogens (tertiary/aromatic N) is 2. The minimum absolute atomic E-state index is 0.133. The number of carbonyl (C=O) groups is 1. The molecule has 16 heavy (non-hydrogen) atoms. The Morgan fingerprint density at radius 1 is 1.31 bits per heavy atom. The molecule has 1 aliphatic carbocycles. The highest BCUT2D eigenvalue weighted by Gasteiger charge is 2.65. The van der Waals surface area contributed by atoms with E-state index in [1.807, 2.05) is 0 Å². The lowest BCUT2D eigenvalue weighted by Crippen LogP contribution is -2.30. The first-order valence-electron chi connectivity index (χ1n) is 5.46. The van der Waals surface area contributed by atoms with Crippen molar-refractivity contribution in [3.8, 4) is 0 Å². The summed E-state index contributed by atoms with van der Waals surface area (Å²) in [7, 11) is 0. The number of nitrogens with one attached hydrogen (secondary N) is 2. The van der Waals surface area contributed by atoms with Crippen LogP contribution >= 0.6 is 0 Å². The fourth-order valence-electron chi connectivity index (χ4n) is 2.20. The van der Waals surface area contributed by atoms with Gasteiger partial charge in [-0.05, 0) is 17.8 Å². The molecular formula is C11H18N4O. The number of aromatic nitrogens is 3. The fourth-order valence-corrected chi connectivity index (χ4v) is 2.20. The van der Waals surface area contributed by atoms with Gasteiger partial charge in [-0.15, -0.1) is 5.10 Å². The Labute approximate surface area is 95.0 Å². The number of H-pyrrole nitrogens is 1. The van der Waals surface area contributed by atoms with E-state index in [1.54, 1.807) is 6.92 Å². The van der Waals surface area contributed by atoms with Crippen LogP contribution in [0.3, 0.4) is 0 Å². The summed E-state index contributed by atoms with van der Waals surface area (Å²) in [5, 5.41) is 9.49. The van der Waals surface area contributed by atoms with Gasteiger partial charge in [0.2, 0.25) is 5.82 Å². The van der Waals surface area contributed by atoms with Gasteiger partial charge in [0.1, 0.15) is 5.82 Å². The zero-order valence-corrected chi connectivity index (χ0v) is 10.4. The van der Waals surface area contributed by atoms with Crippen molar-refractivity contribution in [3.05, 3.63) is 11.6 Å². The van der Waals surface area contributed by atoms with Gasteiger partial charge in [-0.1, -0.05) is 27.7 Å². The number of hydrogen-bond donors (Lipinski definition) is 2. The van der Waals surface area contributed by atoms with E-state index in [0.717, 1.165) is 0 Å². The summed E-state index contributed by atoms with van der Waals surface area (Å²) in [6, 6.07) is 0.186. The Balaban J connectivity index is 2.06. The number of aryl methyl sites for hydroxylation is 1. The highest BCUT2D eigenvalue weighted by Crippen LogP contribution is 2.62. The van der Waals surface area contributed by atoms with Crippen molar-refractivity contribution in [1.82, 2.24) is 20.5 Å². The standard InChI is InChI=1S/C11H18N4O/c1-6-12-7(15-14-6)8(16)13-9-10(2,3)11(9,4)5/h9H,1-5H3,(H,13,16)(H,12,14,15). The maximum Gasteiger partial charge on any atom is 0.291 e. The van der Waals surface area contributed by atoms with Gasteiger partial charge in [0.15, 0.2) is 0 Å². The maximum absolute atomic E-state index is 11.8. The second-order valence-electron chi connectivity index (χ2n) is 5.59. The molecule has 88 valence electrons. The molecule has 1 amide bonds. The summed E-state index contributed by atoms with van der Waals surface area (Å²) in [4.78, 5) is 15.8. The van der Waals surface area contributed by atoms with Gasteiger partial charge < -0.3 is 5.32 Å². The van der Waals surface area contributed by atoms with Gasteiger partial charge in [-0.25, -0.2) is 4.98 Å². The largest absolute Gasteiger partial charge is 0.345 e. The Bertz CT molecular complexity index is 419. The first kappa shape index (κ1) is 11.1. The summed E-state index contributed by atoms with van der Waals surface area (Å²) in [6.07, 6.45) is 0. The van der Waals surface area contributed by atoms with Crippen molar-refractivity contribution in [1.29, 1.82) is 0 Å². The van der Waals surface area contributed by atoms with Gasteiger partial charge in [0, 0.05) is 6.04 Å². The number of hydrogen-bond acceptors (Lipinski definition) is 3. The number of carbonyl (C=O) groups excluding carboxylic acids is 1. The highest BCUT2D eigenvalue weighted by atomic mass is 16.2. The van der Waals surface area contributed by atoms with Crippen molar-refractivity contribution in [2.24, 2.45) is 10.8 Å². The Kier molecular flexibility index (Phi) is 2.12. The summed E-state index contributed by atoms with van der Waals surface area (Å²) in [6.45, 7) is 10.4. The highest BCUT2D eigenvalue weighted by molar-refractivity contribution is 5.91. The number of rotatable bonds is 2. The Morgan fingerprint density at radius 2 is 1.88 bits per heavy atom. The van der Waals surface area contributed by atoms with E-state index < -0.39 is 0 Å². The Hall–Kier alpha value is -1.39. The molecule has 0 aromatic carbocycles. The third kappa shape index (κ3) is 1.42. The van der Waals surface area contributed by atoms with E-state index in [2.05, 4.69) is 48.2 Å². The molecule has 0 atom stereocenters.